The van der Waals surface area contributed by atoms with Gasteiger partial charge in [0.1, 0.15) is 30.5 Å². The van der Waals surface area contributed by atoms with Crippen molar-refractivity contribution in [2.45, 2.75) is 74.9 Å². The highest BCUT2D eigenvalue weighted by atomic mass is 32.2. The Hall–Kier alpha value is -4.53. The zero-order chi connectivity index (χ0) is 36.3. The molecular formula is C29H40FN5O13S. The molecule has 0 saturated carbocycles. The normalized spacial score (nSPS) is 16.1. The van der Waals surface area contributed by atoms with Crippen molar-refractivity contribution in [2.24, 2.45) is 0 Å². The first kappa shape index (κ1) is 40.6. The lowest BCUT2D eigenvalue weighted by molar-refractivity contribution is -0.301. The van der Waals surface area contributed by atoms with Crippen molar-refractivity contribution >= 4 is 53.5 Å². The number of halogens is 1. The number of carboxylic acids is 4. The van der Waals surface area contributed by atoms with E-state index in [0.717, 1.165) is 17.0 Å². The molecule has 1 unspecified atom stereocenters. The average molecular weight is 718 g/mol. The van der Waals surface area contributed by atoms with E-state index in [1.54, 1.807) is 0 Å². The first-order valence-electron chi connectivity index (χ1n) is 15.2. The van der Waals surface area contributed by atoms with Gasteiger partial charge in [-0.3, -0.25) is 24.1 Å². The Morgan fingerprint density at radius 3 is 2.08 bits per heavy atom. The number of urea groups is 1. The molecule has 1 aliphatic heterocycles. The van der Waals surface area contributed by atoms with E-state index in [4.69, 9.17) is 19.9 Å². The van der Waals surface area contributed by atoms with Crippen molar-refractivity contribution in [2.75, 3.05) is 25.4 Å². The zero-order valence-electron chi connectivity index (χ0n) is 26.3. The molecule has 18 nitrogen and oxygen atoms in total. The number of carboxylic acid groups (broad SMARTS) is 4. The topological polar surface area (TPSA) is 270 Å². The quantitative estimate of drug-likeness (QED) is 0.0727. The summed E-state index contributed by atoms with van der Waals surface area (Å²) in [5.41, 5.74) is -0.338. The summed E-state index contributed by atoms with van der Waals surface area (Å²) < 4.78 is 13.0. The molecular weight excluding hydrogens is 677 g/mol. The van der Waals surface area contributed by atoms with Crippen LogP contribution in [0.2, 0.25) is 0 Å². The van der Waals surface area contributed by atoms with Crippen LogP contribution in [-0.4, -0.2) is 116 Å². The predicted octanol–water partition coefficient (Wildman–Crippen LogP) is 0.774. The van der Waals surface area contributed by atoms with E-state index in [1.165, 1.54) is 24.3 Å². The van der Waals surface area contributed by atoms with Gasteiger partial charge < -0.3 is 41.7 Å². The van der Waals surface area contributed by atoms with Gasteiger partial charge in [-0.1, -0.05) is 5.23 Å². The lowest BCUT2D eigenvalue weighted by Crippen LogP contribution is -2.52. The van der Waals surface area contributed by atoms with Gasteiger partial charge in [-0.05, 0) is 62.8 Å². The minimum atomic E-state index is -1.53. The fourth-order valence-electron chi connectivity index (χ4n) is 4.22. The standard InChI is InChI=1S/C29H40FN5O13S/c30-18-9-7-17(8-10-18)25(39)31-13-3-1-6-22(36)32-19(26(40)41)5-2-4-14-35-47-15-24(48-35)49-16-21(28(44)45)34-29(46)33-20(27(42)43)11-12-23(37)38/h7-10,19-21,24H,1-6,11-16H2,(H,31,39)(H,32,36)(H,37,38)(H,40,41)(H,42,43)(H,44,45)(H2,33,34,46)/t19-,20-,21-,24?/m0/s1. The van der Waals surface area contributed by atoms with Crippen LogP contribution in [0.25, 0.3) is 0 Å². The molecule has 2 rings (SSSR count). The van der Waals surface area contributed by atoms with E-state index in [-0.39, 0.29) is 44.2 Å². The fourth-order valence-corrected chi connectivity index (χ4v) is 5.17. The van der Waals surface area contributed by atoms with Crippen LogP contribution in [0.5, 0.6) is 0 Å². The Kier molecular flexibility index (Phi) is 17.8. The largest absolute Gasteiger partial charge is 0.481 e. The van der Waals surface area contributed by atoms with Gasteiger partial charge in [-0.15, -0.1) is 11.8 Å². The molecule has 1 aromatic rings. The molecule has 1 heterocycles. The molecule has 1 saturated heterocycles. The fraction of sp³-hybridized carbons (Fsp3) is 0.552. The summed E-state index contributed by atoms with van der Waals surface area (Å²) >= 11 is 1.01. The van der Waals surface area contributed by atoms with E-state index in [9.17, 15) is 48.2 Å². The van der Waals surface area contributed by atoms with Crippen molar-refractivity contribution in [3.8, 4) is 0 Å². The number of thioether (sulfide) groups is 1. The van der Waals surface area contributed by atoms with Crippen LogP contribution in [0.3, 0.4) is 0 Å². The van der Waals surface area contributed by atoms with Crippen molar-refractivity contribution in [1.29, 1.82) is 0 Å². The Morgan fingerprint density at radius 1 is 0.816 bits per heavy atom. The summed E-state index contributed by atoms with van der Waals surface area (Å²) in [7, 11) is 0. The lowest BCUT2D eigenvalue weighted by atomic mass is 10.1. The number of nitrogens with zero attached hydrogens (tertiary/aromatic N) is 1. The number of aliphatic carboxylic acids is 4. The highest BCUT2D eigenvalue weighted by Gasteiger charge is 2.30. The summed E-state index contributed by atoms with van der Waals surface area (Å²) in [6.07, 6.45) is 0.964. The highest BCUT2D eigenvalue weighted by Crippen LogP contribution is 2.22. The molecule has 20 heteroatoms. The molecule has 0 bridgehead atoms. The van der Waals surface area contributed by atoms with Gasteiger partial charge in [0.15, 0.2) is 5.44 Å². The Bertz CT molecular complexity index is 1310. The average Bonchev–Trinajstić information content (AvgIpc) is 3.49. The van der Waals surface area contributed by atoms with Crippen LogP contribution >= 0.6 is 11.8 Å². The molecule has 272 valence electrons. The summed E-state index contributed by atoms with van der Waals surface area (Å²) in [5.74, 6) is -6.79. The van der Waals surface area contributed by atoms with Crippen LogP contribution in [0.4, 0.5) is 9.18 Å². The van der Waals surface area contributed by atoms with E-state index < -0.39 is 78.0 Å². The molecule has 0 spiro atoms. The SMILES string of the molecule is O=C(O)CC[C@H](NC(=O)N[C@@H](CSC1CON(CCCC[C@H](NC(=O)CCCCNC(=O)c2ccc(F)cc2)C(=O)O)O1)C(=O)O)C(=O)O. The van der Waals surface area contributed by atoms with Crippen LogP contribution in [0.1, 0.15) is 61.7 Å². The van der Waals surface area contributed by atoms with Gasteiger partial charge in [-0.2, -0.15) is 0 Å². The third-order valence-corrected chi connectivity index (χ3v) is 7.95. The van der Waals surface area contributed by atoms with Crippen LogP contribution in [0, 0.1) is 5.82 Å². The number of rotatable bonds is 23. The molecule has 1 fully saturated rings. The molecule has 8 N–H and O–H groups in total. The van der Waals surface area contributed by atoms with Crippen LogP contribution < -0.4 is 21.3 Å². The molecule has 4 atom stereocenters. The molecule has 1 aliphatic rings. The minimum absolute atomic E-state index is 0.0448. The van der Waals surface area contributed by atoms with Crippen LogP contribution in [-0.2, 0) is 33.6 Å². The van der Waals surface area contributed by atoms with E-state index in [0.29, 0.717) is 31.2 Å². The monoisotopic (exact) mass is 717 g/mol. The van der Waals surface area contributed by atoms with Crippen molar-refractivity contribution in [3.63, 3.8) is 0 Å². The second-order valence-corrected chi connectivity index (χ2v) is 11.9. The lowest BCUT2D eigenvalue weighted by Gasteiger charge is -2.19. The number of hydrogen-bond donors (Lipinski definition) is 8. The Labute approximate surface area is 284 Å². The molecule has 0 aliphatic carbocycles. The molecule has 4 amide bonds. The van der Waals surface area contributed by atoms with Gasteiger partial charge in [-0.25, -0.2) is 23.6 Å². The highest BCUT2D eigenvalue weighted by molar-refractivity contribution is 7.99. The number of benzene rings is 1. The van der Waals surface area contributed by atoms with Crippen molar-refractivity contribution in [1.82, 2.24) is 26.5 Å². The number of unbranched alkanes of at least 4 members (excludes halogenated alkanes) is 2. The van der Waals surface area contributed by atoms with Crippen molar-refractivity contribution < 1.29 is 68.1 Å². The first-order valence-corrected chi connectivity index (χ1v) is 16.3. The van der Waals surface area contributed by atoms with E-state index >= 15 is 0 Å². The number of carbonyl (C=O) groups excluding carboxylic acids is 3. The molecule has 0 aromatic heterocycles. The van der Waals surface area contributed by atoms with Gasteiger partial charge >= 0.3 is 29.9 Å². The van der Waals surface area contributed by atoms with Crippen molar-refractivity contribution in [3.05, 3.63) is 35.6 Å². The Morgan fingerprint density at radius 2 is 1.45 bits per heavy atom. The third kappa shape index (κ3) is 16.4. The molecule has 1 aromatic carbocycles. The van der Waals surface area contributed by atoms with E-state index in [1.807, 2.05) is 5.32 Å². The second kappa shape index (κ2) is 21.4. The zero-order valence-corrected chi connectivity index (χ0v) is 27.1. The number of nitrogens with one attached hydrogen (secondary N) is 4. The van der Waals surface area contributed by atoms with Gasteiger partial charge in [0, 0.05) is 30.7 Å². The van der Waals surface area contributed by atoms with Gasteiger partial charge in [0.2, 0.25) is 5.91 Å². The summed E-state index contributed by atoms with van der Waals surface area (Å²) in [5, 5.41) is 47.3. The number of hydroxylamine groups is 2. The third-order valence-electron chi connectivity index (χ3n) is 6.83. The minimum Gasteiger partial charge on any atom is -0.481 e. The van der Waals surface area contributed by atoms with Crippen LogP contribution in [0.15, 0.2) is 24.3 Å². The maximum absolute atomic E-state index is 13.0. The smallest absolute Gasteiger partial charge is 0.327 e. The Balaban J connectivity index is 1.63. The van der Waals surface area contributed by atoms with Gasteiger partial charge in [0.25, 0.3) is 5.91 Å². The number of amides is 4. The van der Waals surface area contributed by atoms with Gasteiger partial charge in [0.05, 0.1) is 6.54 Å². The van der Waals surface area contributed by atoms with E-state index in [2.05, 4.69) is 16.0 Å². The predicted molar refractivity (Wildman–Crippen MR) is 167 cm³/mol. The maximum atomic E-state index is 13.0. The second-order valence-electron chi connectivity index (χ2n) is 10.7. The number of carbonyl (C=O) groups is 7. The molecule has 0 radical (unpaired) electrons. The maximum Gasteiger partial charge on any atom is 0.327 e. The molecule has 49 heavy (non-hydrogen) atoms. The summed E-state index contributed by atoms with van der Waals surface area (Å²) in [4.78, 5) is 92.6. The summed E-state index contributed by atoms with van der Waals surface area (Å²) in [6, 6.07) is -0.123. The summed E-state index contributed by atoms with van der Waals surface area (Å²) in [6.45, 7) is 0.562. The number of hydrogen-bond acceptors (Lipinski definition) is 11. The first-order chi connectivity index (χ1) is 23.2.